The number of hydrogen-bond acceptors (Lipinski definition) is 3. The summed E-state index contributed by atoms with van der Waals surface area (Å²) in [5.74, 6) is 0.151. The normalized spacial score (nSPS) is 27.1. The number of nitrogens with zero attached hydrogens (tertiary/aromatic N) is 1. The molecule has 1 aliphatic carbocycles. The minimum Gasteiger partial charge on any atom is -0.352 e. The van der Waals surface area contributed by atoms with Gasteiger partial charge in [-0.1, -0.05) is 13.3 Å². The van der Waals surface area contributed by atoms with Gasteiger partial charge in [0.1, 0.15) is 0 Å². The molecule has 0 heterocycles. The molecule has 1 rings (SSSR count). The van der Waals surface area contributed by atoms with E-state index >= 15 is 0 Å². The second-order valence-corrected chi connectivity index (χ2v) is 6.11. The molecule has 0 aromatic carbocycles. The van der Waals surface area contributed by atoms with Gasteiger partial charge in [0.15, 0.2) is 0 Å². The maximum atomic E-state index is 12.2. The smallest absolute Gasteiger partial charge is 0.237 e. The minimum atomic E-state index is -0.0568. The predicted octanol–water partition coefficient (Wildman–Crippen LogP) is 1.88. The number of nitrogens with one attached hydrogen (secondary N) is 1. The summed E-state index contributed by atoms with van der Waals surface area (Å²) >= 11 is 0. The standard InChI is InChI=1S/C15H31N3O/c1-5-6-11(2)17-15(19)12(3)18(4)14-9-7-13(16)8-10-14/h11-14H,5-10,16H2,1-4H3,(H,17,19). The number of hydrogen-bond donors (Lipinski definition) is 2. The zero-order chi connectivity index (χ0) is 14.4. The average molecular weight is 269 g/mol. The van der Waals surface area contributed by atoms with Gasteiger partial charge in [-0.15, -0.1) is 0 Å². The molecular formula is C15H31N3O. The van der Waals surface area contributed by atoms with Crippen molar-refractivity contribution in [3.8, 4) is 0 Å². The van der Waals surface area contributed by atoms with E-state index < -0.39 is 0 Å². The van der Waals surface area contributed by atoms with E-state index in [4.69, 9.17) is 5.73 Å². The molecule has 0 radical (unpaired) electrons. The average Bonchev–Trinajstić information content (AvgIpc) is 2.38. The fourth-order valence-electron chi connectivity index (χ4n) is 2.88. The first-order valence-electron chi connectivity index (χ1n) is 7.73. The van der Waals surface area contributed by atoms with Crippen molar-refractivity contribution in [2.75, 3.05) is 7.05 Å². The van der Waals surface area contributed by atoms with Crippen molar-refractivity contribution in [2.24, 2.45) is 5.73 Å². The van der Waals surface area contributed by atoms with Crippen LogP contribution >= 0.6 is 0 Å². The molecule has 19 heavy (non-hydrogen) atoms. The lowest BCUT2D eigenvalue weighted by Gasteiger charge is -2.36. The lowest BCUT2D eigenvalue weighted by Crippen LogP contribution is -2.51. The highest BCUT2D eigenvalue weighted by Crippen LogP contribution is 2.22. The summed E-state index contributed by atoms with van der Waals surface area (Å²) in [6.45, 7) is 6.22. The van der Waals surface area contributed by atoms with Gasteiger partial charge in [0.25, 0.3) is 0 Å². The van der Waals surface area contributed by atoms with E-state index in [1.165, 1.54) is 0 Å². The largest absolute Gasteiger partial charge is 0.352 e. The van der Waals surface area contributed by atoms with E-state index in [1.807, 2.05) is 6.92 Å². The minimum absolute atomic E-state index is 0.0568. The first-order valence-corrected chi connectivity index (χ1v) is 7.73. The van der Waals surface area contributed by atoms with Crippen LogP contribution in [0.15, 0.2) is 0 Å². The number of nitrogens with two attached hydrogens (primary N) is 1. The van der Waals surface area contributed by atoms with Crippen LogP contribution in [0.2, 0.25) is 0 Å². The van der Waals surface area contributed by atoms with Crippen molar-refractivity contribution in [3.63, 3.8) is 0 Å². The van der Waals surface area contributed by atoms with Crippen molar-refractivity contribution in [1.29, 1.82) is 0 Å². The van der Waals surface area contributed by atoms with Crippen molar-refractivity contribution in [2.45, 2.75) is 83.5 Å². The van der Waals surface area contributed by atoms with Crippen LogP contribution in [0, 0.1) is 0 Å². The van der Waals surface area contributed by atoms with Gasteiger partial charge in [0.05, 0.1) is 6.04 Å². The van der Waals surface area contributed by atoms with Crippen LogP contribution < -0.4 is 11.1 Å². The Morgan fingerprint density at radius 3 is 2.42 bits per heavy atom. The Balaban J connectivity index is 2.42. The molecule has 1 fully saturated rings. The fraction of sp³-hybridized carbons (Fsp3) is 0.933. The molecular weight excluding hydrogens is 238 g/mol. The molecule has 0 aromatic rings. The molecule has 3 N–H and O–H groups in total. The molecule has 0 aliphatic heterocycles. The van der Waals surface area contributed by atoms with E-state index in [0.29, 0.717) is 12.1 Å². The Labute approximate surface area is 118 Å². The van der Waals surface area contributed by atoms with Crippen molar-refractivity contribution in [1.82, 2.24) is 10.2 Å². The lowest BCUT2D eigenvalue weighted by molar-refractivity contribution is -0.127. The van der Waals surface area contributed by atoms with E-state index in [1.54, 1.807) is 0 Å². The summed E-state index contributed by atoms with van der Waals surface area (Å²) in [5.41, 5.74) is 5.93. The molecule has 112 valence electrons. The van der Waals surface area contributed by atoms with E-state index in [-0.39, 0.29) is 18.0 Å². The molecule has 1 saturated carbocycles. The van der Waals surface area contributed by atoms with Crippen LogP contribution in [0.1, 0.15) is 59.3 Å². The second-order valence-electron chi connectivity index (χ2n) is 6.11. The molecule has 1 amide bonds. The van der Waals surface area contributed by atoms with Gasteiger partial charge in [-0.05, 0) is 53.0 Å². The zero-order valence-corrected chi connectivity index (χ0v) is 13.0. The molecule has 0 saturated heterocycles. The molecule has 1 aliphatic rings. The third kappa shape index (κ3) is 5.11. The quantitative estimate of drug-likeness (QED) is 0.774. The second kappa shape index (κ2) is 7.85. The summed E-state index contributed by atoms with van der Waals surface area (Å²) in [6.07, 6.45) is 6.53. The summed E-state index contributed by atoms with van der Waals surface area (Å²) in [4.78, 5) is 14.4. The highest BCUT2D eigenvalue weighted by Gasteiger charge is 2.28. The number of likely N-dealkylation sites (N-methyl/N-ethyl adjacent to an activating group) is 1. The van der Waals surface area contributed by atoms with E-state index in [9.17, 15) is 4.79 Å². The molecule has 2 atom stereocenters. The SMILES string of the molecule is CCCC(C)NC(=O)C(C)N(C)C1CCC(N)CC1. The summed E-state index contributed by atoms with van der Waals surface area (Å²) in [6, 6.07) is 1.08. The van der Waals surface area contributed by atoms with Crippen LogP contribution in [-0.2, 0) is 4.79 Å². The Kier molecular flexibility index (Phi) is 6.80. The summed E-state index contributed by atoms with van der Waals surface area (Å²) in [5, 5.41) is 3.10. The van der Waals surface area contributed by atoms with Crippen LogP contribution in [0.4, 0.5) is 0 Å². The Bertz CT molecular complexity index is 275. The number of amides is 1. The summed E-state index contributed by atoms with van der Waals surface area (Å²) in [7, 11) is 2.07. The fourth-order valence-corrected chi connectivity index (χ4v) is 2.88. The monoisotopic (exact) mass is 269 g/mol. The number of rotatable bonds is 6. The van der Waals surface area contributed by atoms with E-state index in [2.05, 4.69) is 31.1 Å². The maximum Gasteiger partial charge on any atom is 0.237 e. The maximum absolute atomic E-state index is 12.2. The predicted molar refractivity (Wildman–Crippen MR) is 80.0 cm³/mol. The molecule has 4 nitrogen and oxygen atoms in total. The first-order chi connectivity index (χ1) is 8.95. The highest BCUT2D eigenvalue weighted by molar-refractivity contribution is 5.81. The van der Waals surface area contributed by atoms with Gasteiger partial charge < -0.3 is 11.1 Å². The molecule has 0 spiro atoms. The van der Waals surface area contributed by atoms with Crippen LogP contribution in [0.5, 0.6) is 0 Å². The van der Waals surface area contributed by atoms with Gasteiger partial charge in [-0.25, -0.2) is 0 Å². The van der Waals surface area contributed by atoms with Gasteiger partial charge >= 0.3 is 0 Å². The number of carbonyl (C=O) groups is 1. The lowest BCUT2D eigenvalue weighted by atomic mass is 9.90. The molecule has 2 unspecified atom stereocenters. The highest BCUT2D eigenvalue weighted by atomic mass is 16.2. The first kappa shape index (κ1) is 16.4. The summed E-state index contributed by atoms with van der Waals surface area (Å²) < 4.78 is 0. The van der Waals surface area contributed by atoms with Crippen LogP contribution in [0.3, 0.4) is 0 Å². The van der Waals surface area contributed by atoms with Crippen molar-refractivity contribution in [3.05, 3.63) is 0 Å². The van der Waals surface area contributed by atoms with Gasteiger partial charge in [0, 0.05) is 18.1 Å². The Hall–Kier alpha value is -0.610. The molecule has 0 bridgehead atoms. The van der Waals surface area contributed by atoms with Gasteiger partial charge in [-0.2, -0.15) is 0 Å². The van der Waals surface area contributed by atoms with Gasteiger partial charge in [-0.3, -0.25) is 9.69 Å². The van der Waals surface area contributed by atoms with E-state index in [0.717, 1.165) is 38.5 Å². The van der Waals surface area contributed by atoms with Crippen molar-refractivity contribution >= 4 is 5.91 Å². The third-order valence-corrected chi connectivity index (χ3v) is 4.42. The zero-order valence-electron chi connectivity index (χ0n) is 13.0. The van der Waals surface area contributed by atoms with Crippen LogP contribution in [-0.4, -0.2) is 42.0 Å². The topological polar surface area (TPSA) is 58.4 Å². The van der Waals surface area contributed by atoms with Gasteiger partial charge in [0.2, 0.25) is 5.91 Å². The van der Waals surface area contributed by atoms with Crippen molar-refractivity contribution < 1.29 is 4.79 Å². The molecule has 4 heteroatoms. The Morgan fingerprint density at radius 2 is 1.89 bits per heavy atom. The Morgan fingerprint density at radius 1 is 1.32 bits per heavy atom. The van der Waals surface area contributed by atoms with Crippen LogP contribution in [0.25, 0.3) is 0 Å². The number of carbonyl (C=O) groups excluding carboxylic acids is 1. The molecule has 0 aromatic heterocycles. The third-order valence-electron chi connectivity index (χ3n) is 4.42.